The molecule has 1 aromatic heterocycles. The minimum Gasteiger partial charge on any atom is -0.382 e. The van der Waals surface area contributed by atoms with Gasteiger partial charge in [0, 0.05) is 19.5 Å². The second kappa shape index (κ2) is 6.55. The van der Waals surface area contributed by atoms with Crippen LogP contribution in [0.1, 0.15) is 31.3 Å². The molecular formula is C12H20N2O2. The van der Waals surface area contributed by atoms with E-state index in [0.717, 1.165) is 11.4 Å². The summed E-state index contributed by atoms with van der Waals surface area (Å²) in [5.41, 5.74) is 1.06. The van der Waals surface area contributed by atoms with Gasteiger partial charge in [-0.2, -0.15) is 0 Å². The van der Waals surface area contributed by atoms with E-state index in [9.17, 15) is 0 Å². The molecule has 0 aliphatic heterocycles. The van der Waals surface area contributed by atoms with E-state index in [1.165, 1.54) is 0 Å². The van der Waals surface area contributed by atoms with E-state index in [2.05, 4.69) is 23.8 Å². The Morgan fingerprint density at radius 3 is 2.31 bits per heavy atom. The lowest BCUT2D eigenvalue weighted by molar-refractivity contribution is -0.0116. The first-order chi connectivity index (χ1) is 7.65. The lowest BCUT2D eigenvalue weighted by Crippen LogP contribution is -2.16. The van der Waals surface area contributed by atoms with Crippen molar-refractivity contribution in [3.05, 3.63) is 23.8 Å². The first-order valence-electron chi connectivity index (χ1n) is 5.54. The molecule has 0 N–H and O–H groups in total. The molecule has 1 atom stereocenters. The van der Waals surface area contributed by atoms with Gasteiger partial charge in [-0.25, -0.2) is 9.97 Å². The van der Waals surface area contributed by atoms with Gasteiger partial charge in [0.15, 0.2) is 5.82 Å². The van der Waals surface area contributed by atoms with Crippen LogP contribution in [-0.4, -0.2) is 30.3 Å². The van der Waals surface area contributed by atoms with Gasteiger partial charge in [0.05, 0.1) is 13.2 Å². The van der Waals surface area contributed by atoms with Crippen LogP contribution < -0.4 is 0 Å². The van der Waals surface area contributed by atoms with Crippen LogP contribution in [0.4, 0.5) is 0 Å². The van der Waals surface area contributed by atoms with Gasteiger partial charge in [-0.05, 0) is 18.4 Å². The maximum Gasteiger partial charge on any atom is 0.157 e. The lowest BCUT2D eigenvalue weighted by Gasteiger charge is -2.19. The summed E-state index contributed by atoms with van der Waals surface area (Å²) in [4.78, 5) is 8.60. The molecule has 0 aromatic carbocycles. The van der Waals surface area contributed by atoms with E-state index in [1.807, 2.05) is 19.3 Å². The Labute approximate surface area is 97.0 Å². The summed E-state index contributed by atoms with van der Waals surface area (Å²) >= 11 is 0. The van der Waals surface area contributed by atoms with E-state index < -0.39 is 0 Å². The fourth-order valence-electron chi connectivity index (χ4n) is 1.37. The van der Waals surface area contributed by atoms with Crippen molar-refractivity contribution in [1.82, 2.24) is 9.97 Å². The van der Waals surface area contributed by atoms with Crippen molar-refractivity contribution >= 4 is 0 Å². The van der Waals surface area contributed by atoms with Crippen molar-refractivity contribution in [2.24, 2.45) is 5.92 Å². The minimum atomic E-state index is -0.0595. The number of rotatable bonds is 6. The topological polar surface area (TPSA) is 44.2 Å². The van der Waals surface area contributed by atoms with Crippen LogP contribution in [0.5, 0.6) is 0 Å². The molecule has 0 saturated carbocycles. The Bertz CT molecular complexity index is 298. The molecule has 0 unspecified atom stereocenters. The quantitative estimate of drug-likeness (QED) is 0.694. The van der Waals surface area contributed by atoms with Crippen LogP contribution in [0.2, 0.25) is 0 Å². The first kappa shape index (κ1) is 13.1. The molecule has 0 fully saturated rings. The Morgan fingerprint density at radius 1 is 1.19 bits per heavy atom. The fourth-order valence-corrected chi connectivity index (χ4v) is 1.37. The lowest BCUT2D eigenvalue weighted by atomic mass is 10.1. The Balaban J connectivity index is 2.65. The van der Waals surface area contributed by atoms with Gasteiger partial charge in [0.1, 0.15) is 6.10 Å². The van der Waals surface area contributed by atoms with Gasteiger partial charge in [0.2, 0.25) is 0 Å². The van der Waals surface area contributed by atoms with Crippen molar-refractivity contribution in [1.29, 1.82) is 0 Å². The number of hydrogen-bond donors (Lipinski definition) is 0. The summed E-state index contributed by atoms with van der Waals surface area (Å²) < 4.78 is 10.7. The van der Waals surface area contributed by atoms with E-state index in [0.29, 0.717) is 19.1 Å². The average molecular weight is 224 g/mol. The molecule has 0 spiro atoms. The molecule has 0 amide bonds. The fraction of sp³-hybridized carbons (Fsp3) is 0.667. The number of hydrogen-bond acceptors (Lipinski definition) is 4. The zero-order valence-electron chi connectivity index (χ0n) is 10.4. The highest BCUT2D eigenvalue weighted by atomic mass is 16.5. The summed E-state index contributed by atoms with van der Waals surface area (Å²) in [5, 5.41) is 0. The maximum atomic E-state index is 5.72. The molecule has 0 aliphatic carbocycles. The maximum absolute atomic E-state index is 5.72. The molecule has 0 bridgehead atoms. The predicted octanol–water partition coefficient (Wildman–Crippen LogP) is 2.15. The zero-order chi connectivity index (χ0) is 12.0. The van der Waals surface area contributed by atoms with Crippen LogP contribution in [0.3, 0.4) is 0 Å². The molecule has 1 aromatic rings. The number of aryl methyl sites for hydroxylation is 1. The molecular weight excluding hydrogens is 204 g/mol. The minimum absolute atomic E-state index is 0.0595. The highest BCUT2D eigenvalue weighted by molar-refractivity contribution is 5.04. The summed E-state index contributed by atoms with van der Waals surface area (Å²) in [5.74, 6) is 1.09. The Kier molecular flexibility index (Phi) is 5.35. The Morgan fingerprint density at radius 2 is 1.81 bits per heavy atom. The molecule has 4 heteroatoms. The van der Waals surface area contributed by atoms with Crippen LogP contribution in [0.25, 0.3) is 0 Å². The normalized spacial score (nSPS) is 13.1. The average Bonchev–Trinajstić information content (AvgIpc) is 2.26. The largest absolute Gasteiger partial charge is 0.382 e. The van der Waals surface area contributed by atoms with Gasteiger partial charge in [0.25, 0.3) is 0 Å². The number of nitrogens with zero attached hydrogens (tertiary/aromatic N) is 2. The van der Waals surface area contributed by atoms with Crippen molar-refractivity contribution in [3.63, 3.8) is 0 Å². The summed E-state index contributed by atoms with van der Waals surface area (Å²) in [6.07, 6.45) is 3.57. The van der Waals surface area contributed by atoms with Crippen molar-refractivity contribution in [2.75, 3.05) is 20.3 Å². The molecule has 1 heterocycles. The highest BCUT2D eigenvalue weighted by Crippen LogP contribution is 2.22. The highest BCUT2D eigenvalue weighted by Gasteiger charge is 2.18. The molecule has 90 valence electrons. The van der Waals surface area contributed by atoms with Gasteiger partial charge in [-0.1, -0.05) is 13.8 Å². The number of aromatic nitrogens is 2. The molecule has 0 aliphatic rings. The summed E-state index contributed by atoms with van der Waals surface area (Å²) in [6.45, 7) is 7.33. The van der Waals surface area contributed by atoms with E-state index in [4.69, 9.17) is 9.47 Å². The van der Waals surface area contributed by atoms with Gasteiger partial charge in [-0.15, -0.1) is 0 Å². The molecule has 16 heavy (non-hydrogen) atoms. The zero-order valence-corrected chi connectivity index (χ0v) is 10.4. The number of ether oxygens (including phenoxy) is 2. The van der Waals surface area contributed by atoms with Gasteiger partial charge in [-0.3, -0.25) is 0 Å². The van der Waals surface area contributed by atoms with Crippen molar-refractivity contribution < 1.29 is 9.47 Å². The van der Waals surface area contributed by atoms with Crippen LogP contribution in [0.15, 0.2) is 12.4 Å². The van der Waals surface area contributed by atoms with Gasteiger partial charge >= 0.3 is 0 Å². The Hall–Kier alpha value is -1.00. The van der Waals surface area contributed by atoms with Crippen LogP contribution in [-0.2, 0) is 9.47 Å². The van der Waals surface area contributed by atoms with E-state index >= 15 is 0 Å². The third-order valence-corrected chi connectivity index (χ3v) is 2.25. The van der Waals surface area contributed by atoms with Crippen molar-refractivity contribution in [3.8, 4) is 0 Å². The van der Waals surface area contributed by atoms with Gasteiger partial charge < -0.3 is 9.47 Å². The first-order valence-corrected chi connectivity index (χ1v) is 5.54. The summed E-state index contributed by atoms with van der Waals surface area (Å²) in [6, 6.07) is 0. The van der Waals surface area contributed by atoms with Crippen LogP contribution >= 0.6 is 0 Å². The second-order valence-electron chi connectivity index (χ2n) is 4.15. The number of methoxy groups -OCH3 is 1. The smallest absolute Gasteiger partial charge is 0.157 e. The predicted molar refractivity (Wildman–Crippen MR) is 62.2 cm³/mol. The SMILES string of the molecule is COCCO[C@H](c1ncc(C)cn1)C(C)C. The van der Waals surface area contributed by atoms with Crippen molar-refractivity contribution in [2.45, 2.75) is 26.9 Å². The third kappa shape index (κ3) is 3.87. The third-order valence-electron chi connectivity index (χ3n) is 2.25. The summed E-state index contributed by atoms with van der Waals surface area (Å²) in [7, 11) is 1.66. The molecule has 0 saturated heterocycles. The standard InChI is InChI=1S/C12H20N2O2/c1-9(2)11(16-6-5-15-4)12-13-7-10(3)8-14-12/h7-9,11H,5-6H2,1-4H3/t11-/m0/s1. The molecule has 0 radical (unpaired) electrons. The van der Waals surface area contributed by atoms with E-state index in [-0.39, 0.29) is 6.10 Å². The molecule has 1 rings (SSSR count). The molecule has 4 nitrogen and oxygen atoms in total. The monoisotopic (exact) mass is 224 g/mol. The van der Waals surface area contributed by atoms with Crippen LogP contribution in [0, 0.1) is 12.8 Å². The van der Waals surface area contributed by atoms with E-state index in [1.54, 1.807) is 7.11 Å². The second-order valence-corrected chi connectivity index (χ2v) is 4.15.